The van der Waals surface area contributed by atoms with E-state index in [4.69, 9.17) is 0 Å². The highest BCUT2D eigenvalue weighted by atomic mass is 19.4. The first kappa shape index (κ1) is 11.1. The zero-order valence-corrected chi connectivity index (χ0v) is 6.03. The highest BCUT2D eigenvalue weighted by molar-refractivity contribution is 5.52. The first-order valence-corrected chi connectivity index (χ1v) is 2.86. The maximum atomic E-state index is 11.9. The molecular formula is C5H6F5NO. The monoisotopic (exact) mass is 191 g/mol. The van der Waals surface area contributed by atoms with Crippen LogP contribution >= 0.6 is 0 Å². The quantitative estimate of drug-likeness (QED) is 0.380. The number of hydrogen-bond acceptors (Lipinski definition) is 2. The number of alkyl halides is 5. The second-order valence-corrected chi connectivity index (χ2v) is 1.84. The van der Waals surface area contributed by atoms with Crippen molar-refractivity contribution in [2.24, 2.45) is 5.16 Å². The smallest absolute Gasteiger partial charge is 0.389 e. The van der Waals surface area contributed by atoms with Crippen LogP contribution < -0.4 is 0 Å². The fourth-order valence-corrected chi connectivity index (χ4v) is 0.275. The van der Waals surface area contributed by atoms with E-state index in [2.05, 4.69) is 9.99 Å². The van der Waals surface area contributed by atoms with Gasteiger partial charge in [0.05, 0.1) is 0 Å². The summed E-state index contributed by atoms with van der Waals surface area (Å²) in [4.78, 5) is 3.67. The van der Waals surface area contributed by atoms with Gasteiger partial charge in [-0.2, -0.15) is 22.0 Å². The molecule has 0 rings (SSSR count). The van der Waals surface area contributed by atoms with Gasteiger partial charge in [0.15, 0.2) is 6.61 Å². The van der Waals surface area contributed by atoms with Crippen molar-refractivity contribution in [1.29, 1.82) is 0 Å². The number of rotatable bonds is 3. The Morgan fingerprint density at radius 3 is 2.08 bits per heavy atom. The van der Waals surface area contributed by atoms with Gasteiger partial charge in [-0.3, -0.25) is 0 Å². The van der Waals surface area contributed by atoms with Gasteiger partial charge < -0.3 is 4.84 Å². The summed E-state index contributed by atoms with van der Waals surface area (Å²) in [6.45, 7) is -0.466. The minimum Gasteiger partial charge on any atom is -0.389 e. The number of halogens is 5. The number of hydrogen-bond donors (Lipinski definition) is 0. The van der Waals surface area contributed by atoms with Crippen LogP contribution in [-0.4, -0.2) is 24.9 Å². The average molecular weight is 191 g/mol. The highest BCUT2D eigenvalue weighted by Crippen LogP contribution is 2.35. The molecule has 0 aliphatic carbocycles. The van der Waals surface area contributed by atoms with Gasteiger partial charge in [-0.15, -0.1) is 0 Å². The van der Waals surface area contributed by atoms with Crippen molar-refractivity contribution < 1.29 is 26.8 Å². The predicted octanol–water partition coefficient (Wildman–Crippen LogP) is 2.21. The molecule has 12 heavy (non-hydrogen) atoms. The fraction of sp³-hybridized carbons (Fsp3) is 0.800. The predicted molar refractivity (Wildman–Crippen MR) is 31.1 cm³/mol. The normalized spacial score (nSPS) is 13.8. The lowest BCUT2D eigenvalue weighted by atomic mass is 10.3. The third-order valence-corrected chi connectivity index (χ3v) is 0.841. The molecule has 0 amide bonds. The molecule has 0 fully saturated rings. The molecule has 0 aliphatic rings. The first-order valence-electron chi connectivity index (χ1n) is 2.86. The summed E-state index contributed by atoms with van der Waals surface area (Å²) in [7, 11) is 0. The van der Waals surface area contributed by atoms with E-state index < -0.39 is 18.7 Å². The van der Waals surface area contributed by atoms with Crippen molar-refractivity contribution >= 4 is 6.21 Å². The van der Waals surface area contributed by atoms with Gasteiger partial charge in [-0.25, -0.2) is 0 Å². The van der Waals surface area contributed by atoms with E-state index in [0.717, 1.165) is 6.21 Å². The second-order valence-electron chi connectivity index (χ2n) is 1.84. The van der Waals surface area contributed by atoms with E-state index in [-0.39, 0.29) is 0 Å². The molecule has 0 aromatic rings. The number of oxime groups is 1. The van der Waals surface area contributed by atoms with Gasteiger partial charge in [0, 0.05) is 6.21 Å². The summed E-state index contributed by atoms with van der Waals surface area (Å²) >= 11 is 0. The molecule has 0 atom stereocenters. The van der Waals surface area contributed by atoms with E-state index in [1.807, 2.05) is 0 Å². The van der Waals surface area contributed by atoms with Crippen LogP contribution in [0.15, 0.2) is 5.16 Å². The van der Waals surface area contributed by atoms with Crippen molar-refractivity contribution in [1.82, 2.24) is 0 Å². The molecule has 0 saturated heterocycles. The van der Waals surface area contributed by atoms with E-state index in [1.54, 1.807) is 0 Å². The Kier molecular flexibility index (Phi) is 3.41. The van der Waals surface area contributed by atoms with Crippen molar-refractivity contribution in [3.8, 4) is 0 Å². The van der Waals surface area contributed by atoms with Crippen LogP contribution in [0.5, 0.6) is 0 Å². The third-order valence-electron chi connectivity index (χ3n) is 0.841. The topological polar surface area (TPSA) is 21.6 Å². The summed E-state index contributed by atoms with van der Waals surface area (Å²) in [5.41, 5.74) is 0. The molecule has 0 N–H and O–H groups in total. The molecule has 0 radical (unpaired) electrons. The van der Waals surface area contributed by atoms with Crippen molar-refractivity contribution in [2.75, 3.05) is 6.61 Å². The molecule has 0 spiro atoms. The van der Waals surface area contributed by atoms with Crippen molar-refractivity contribution in [2.45, 2.75) is 19.0 Å². The average Bonchev–Trinajstić information content (AvgIpc) is 1.85. The summed E-state index contributed by atoms with van der Waals surface area (Å²) in [6, 6.07) is 0. The molecule has 0 aromatic heterocycles. The first-order chi connectivity index (χ1) is 5.31. The molecule has 72 valence electrons. The molecule has 0 heterocycles. The lowest BCUT2D eigenvalue weighted by molar-refractivity contribution is -0.296. The molecule has 7 heteroatoms. The summed E-state index contributed by atoms with van der Waals surface area (Å²) in [6.07, 6.45) is -4.62. The van der Waals surface area contributed by atoms with Crippen LogP contribution in [-0.2, 0) is 4.84 Å². The zero-order valence-electron chi connectivity index (χ0n) is 6.03. The van der Waals surface area contributed by atoms with Gasteiger partial charge in [0.2, 0.25) is 0 Å². The van der Waals surface area contributed by atoms with Crippen LogP contribution in [0.3, 0.4) is 0 Å². The van der Waals surface area contributed by atoms with E-state index >= 15 is 0 Å². The Morgan fingerprint density at radius 1 is 1.25 bits per heavy atom. The highest BCUT2D eigenvalue weighted by Gasteiger charge is 2.58. The van der Waals surface area contributed by atoms with Gasteiger partial charge in [0.25, 0.3) is 0 Å². The standard InChI is InChI=1S/C5H6F5NO/c1-2-11-12-3-4(6,7)5(8,9)10/h2H,3H2,1H3/b11-2+. The lowest BCUT2D eigenvalue weighted by Crippen LogP contribution is -2.40. The van der Waals surface area contributed by atoms with Crippen LogP contribution in [0.1, 0.15) is 6.92 Å². The minimum atomic E-state index is -5.59. The number of nitrogens with zero attached hydrogens (tertiary/aromatic N) is 1. The van der Waals surface area contributed by atoms with Crippen LogP contribution in [0, 0.1) is 0 Å². The maximum absolute atomic E-state index is 11.9. The second kappa shape index (κ2) is 3.68. The molecule has 0 unspecified atom stereocenters. The van der Waals surface area contributed by atoms with E-state index in [9.17, 15) is 22.0 Å². The van der Waals surface area contributed by atoms with Gasteiger partial charge in [-0.05, 0) is 6.92 Å². The van der Waals surface area contributed by atoms with Crippen LogP contribution in [0.4, 0.5) is 22.0 Å². The maximum Gasteiger partial charge on any atom is 0.457 e. The molecule has 0 bridgehead atoms. The summed E-state index contributed by atoms with van der Waals surface area (Å²) in [5, 5.41) is 2.77. The van der Waals surface area contributed by atoms with Gasteiger partial charge >= 0.3 is 12.1 Å². The van der Waals surface area contributed by atoms with E-state index in [0.29, 0.717) is 0 Å². The Balaban J connectivity index is 4.05. The summed E-state index contributed by atoms with van der Waals surface area (Å²) in [5.74, 6) is -4.85. The van der Waals surface area contributed by atoms with E-state index in [1.165, 1.54) is 6.92 Å². The Morgan fingerprint density at radius 2 is 1.75 bits per heavy atom. The molecule has 0 aromatic carbocycles. The Hall–Kier alpha value is -0.880. The molecule has 0 aliphatic heterocycles. The van der Waals surface area contributed by atoms with Crippen molar-refractivity contribution in [3.63, 3.8) is 0 Å². The van der Waals surface area contributed by atoms with Crippen LogP contribution in [0.2, 0.25) is 0 Å². The summed E-state index contributed by atoms with van der Waals surface area (Å²) < 4.78 is 58.0. The molecule has 0 saturated carbocycles. The Labute approximate surface area is 65.0 Å². The minimum absolute atomic E-state index is 0.965. The molecule has 2 nitrogen and oxygen atoms in total. The lowest BCUT2D eigenvalue weighted by Gasteiger charge is -2.17. The molecular weight excluding hydrogens is 185 g/mol. The van der Waals surface area contributed by atoms with Crippen LogP contribution in [0.25, 0.3) is 0 Å². The third kappa shape index (κ3) is 3.02. The van der Waals surface area contributed by atoms with Gasteiger partial charge in [0.1, 0.15) is 0 Å². The largest absolute Gasteiger partial charge is 0.457 e. The van der Waals surface area contributed by atoms with Gasteiger partial charge in [-0.1, -0.05) is 5.16 Å². The fourth-order valence-electron chi connectivity index (χ4n) is 0.275. The zero-order chi connectivity index (χ0) is 9.83. The van der Waals surface area contributed by atoms with Crippen molar-refractivity contribution in [3.05, 3.63) is 0 Å². The SMILES string of the molecule is C/C=N/OCC(F)(F)C(F)(F)F. The Bertz CT molecular complexity index is 164.